The van der Waals surface area contributed by atoms with E-state index in [1.54, 1.807) is 25.7 Å². The zero-order chi connectivity index (χ0) is 23.8. The molecule has 1 aromatic heterocycles. The molecule has 5 nitrogen and oxygen atoms in total. The maximum absolute atomic E-state index is 14.0. The summed E-state index contributed by atoms with van der Waals surface area (Å²) in [5.74, 6) is -1.30. The third-order valence-electron chi connectivity index (χ3n) is 5.30. The van der Waals surface area contributed by atoms with Crippen LogP contribution in [0.2, 0.25) is 0 Å². The van der Waals surface area contributed by atoms with Gasteiger partial charge in [-0.2, -0.15) is 13.2 Å². The number of imidazole rings is 1. The van der Waals surface area contributed by atoms with Gasteiger partial charge in [-0.25, -0.2) is 14.2 Å². The van der Waals surface area contributed by atoms with Crippen molar-refractivity contribution in [1.82, 2.24) is 14.5 Å². The average Bonchev–Trinajstić information content (AvgIpc) is 3.00. The Morgan fingerprint density at radius 2 is 1.94 bits per heavy atom. The second-order valence-electron chi connectivity index (χ2n) is 8.76. The number of halogens is 5. The first-order valence-electron chi connectivity index (χ1n) is 10.4. The third-order valence-corrected chi connectivity index (χ3v) is 5.91. The molecule has 1 aliphatic heterocycles. The standard InChI is InChI=1S/C22H26BrF4N3O2/c1-5-16-18-17(9-7-13-6-8-14(15(24)12-13)22(25,26)27)29(20(31)32-21(2,3)4)10-11-30(18)19(23)28-16/h6,8,12,17H,5,7,9-11H2,1-4H3. The maximum atomic E-state index is 14.0. The van der Waals surface area contributed by atoms with Gasteiger partial charge >= 0.3 is 12.3 Å². The minimum absolute atomic E-state index is 0.283. The van der Waals surface area contributed by atoms with Crippen LogP contribution in [0.3, 0.4) is 0 Å². The summed E-state index contributed by atoms with van der Waals surface area (Å²) >= 11 is 3.47. The fourth-order valence-corrected chi connectivity index (χ4v) is 4.50. The van der Waals surface area contributed by atoms with Gasteiger partial charge in [-0.1, -0.05) is 13.0 Å². The molecule has 0 N–H and O–H groups in total. The Kier molecular flexibility index (Phi) is 6.93. The van der Waals surface area contributed by atoms with Crippen LogP contribution >= 0.6 is 15.9 Å². The summed E-state index contributed by atoms with van der Waals surface area (Å²) in [5, 5.41) is 0. The zero-order valence-corrected chi connectivity index (χ0v) is 20.0. The summed E-state index contributed by atoms with van der Waals surface area (Å²) in [7, 11) is 0. The van der Waals surface area contributed by atoms with Crippen molar-refractivity contribution in [3.05, 3.63) is 51.3 Å². The molecule has 176 valence electrons. The van der Waals surface area contributed by atoms with E-state index in [0.717, 1.165) is 23.5 Å². The molecule has 0 radical (unpaired) electrons. The number of fused-ring (bicyclic) bond motifs is 1. The Hall–Kier alpha value is -2.10. The van der Waals surface area contributed by atoms with Gasteiger partial charge in [0, 0.05) is 13.1 Å². The molecule has 1 unspecified atom stereocenters. The highest BCUT2D eigenvalue weighted by Crippen LogP contribution is 2.37. The van der Waals surface area contributed by atoms with Crippen LogP contribution in [-0.4, -0.2) is 32.7 Å². The Morgan fingerprint density at radius 3 is 2.50 bits per heavy atom. The van der Waals surface area contributed by atoms with Crippen molar-refractivity contribution in [1.29, 1.82) is 0 Å². The van der Waals surface area contributed by atoms with Gasteiger partial charge in [0.15, 0.2) is 4.73 Å². The lowest BCUT2D eigenvalue weighted by Gasteiger charge is -2.38. The summed E-state index contributed by atoms with van der Waals surface area (Å²) < 4.78 is 60.9. The summed E-state index contributed by atoms with van der Waals surface area (Å²) in [6.45, 7) is 8.25. The summed E-state index contributed by atoms with van der Waals surface area (Å²) in [6, 6.07) is 2.55. The number of ether oxygens (including phenoxy) is 1. The highest BCUT2D eigenvalue weighted by Gasteiger charge is 2.37. The van der Waals surface area contributed by atoms with Crippen LogP contribution in [0.1, 0.15) is 62.7 Å². The van der Waals surface area contributed by atoms with E-state index in [1.807, 2.05) is 11.5 Å². The summed E-state index contributed by atoms with van der Waals surface area (Å²) in [5.41, 5.74) is 0.153. The first-order chi connectivity index (χ1) is 14.8. The van der Waals surface area contributed by atoms with Crippen molar-refractivity contribution in [2.45, 2.75) is 71.3 Å². The van der Waals surface area contributed by atoms with Gasteiger partial charge in [0.2, 0.25) is 0 Å². The second kappa shape index (κ2) is 9.03. The molecule has 0 bridgehead atoms. The van der Waals surface area contributed by atoms with Crippen LogP contribution < -0.4 is 0 Å². The third kappa shape index (κ3) is 5.27. The lowest BCUT2D eigenvalue weighted by Crippen LogP contribution is -2.45. The van der Waals surface area contributed by atoms with E-state index in [-0.39, 0.29) is 6.42 Å². The monoisotopic (exact) mass is 519 g/mol. The van der Waals surface area contributed by atoms with E-state index in [0.29, 0.717) is 36.2 Å². The normalized spacial score (nSPS) is 16.8. The fraction of sp³-hybridized carbons (Fsp3) is 0.545. The Balaban J connectivity index is 1.91. The number of rotatable bonds is 4. The zero-order valence-electron chi connectivity index (χ0n) is 18.4. The van der Waals surface area contributed by atoms with Gasteiger partial charge in [0.1, 0.15) is 11.4 Å². The molecule has 0 saturated carbocycles. The highest BCUT2D eigenvalue weighted by atomic mass is 79.9. The van der Waals surface area contributed by atoms with E-state index in [1.165, 1.54) is 6.07 Å². The molecule has 3 rings (SSSR count). The number of nitrogens with zero attached hydrogens (tertiary/aromatic N) is 3. The molecule has 0 fully saturated rings. The molecule has 2 aromatic rings. The molecular formula is C22H26BrF4N3O2. The molecule has 0 saturated heterocycles. The van der Waals surface area contributed by atoms with Gasteiger partial charge in [0.05, 0.1) is 23.0 Å². The predicted octanol–water partition coefficient (Wildman–Crippen LogP) is 6.29. The largest absolute Gasteiger partial charge is 0.444 e. The van der Waals surface area contributed by atoms with Crippen LogP contribution in [0.5, 0.6) is 0 Å². The average molecular weight is 520 g/mol. The Bertz CT molecular complexity index is 998. The molecule has 1 aromatic carbocycles. The number of benzene rings is 1. The molecule has 0 aliphatic carbocycles. The second-order valence-corrected chi connectivity index (χ2v) is 9.47. The number of amides is 1. The van der Waals surface area contributed by atoms with Crippen molar-refractivity contribution in [3.63, 3.8) is 0 Å². The van der Waals surface area contributed by atoms with Gasteiger partial charge in [-0.05, 0) is 73.7 Å². The van der Waals surface area contributed by atoms with Crippen LogP contribution in [0.4, 0.5) is 22.4 Å². The minimum atomic E-state index is -4.74. The molecule has 0 spiro atoms. The summed E-state index contributed by atoms with van der Waals surface area (Å²) in [4.78, 5) is 19.1. The minimum Gasteiger partial charge on any atom is -0.444 e. The number of hydrogen-bond donors (Lipinski definition) is 0. The molecule has 1 aliphatic rings. The number of hydrogen-bond acceptors (Lipinski definition) is 3. The van der Waals surface area contributed by atoms with Crippen LogP contribution in [0.15, 0.2) is 22.9 Å². The number of aromatic nitrogens is 2. The van der Waals surface area contributed by atoms with Crippen LogP contribution in [-0.2, 0) is 30.3 Å². The lowest BCUT2D eigenvalue weighted by atomic mass is 9.97. The number of carbonyl (C=O) groups excluding carboxylic acids is 1. The van der Waals surface area contributed by atoms with Crippen molar-refractivity contribution < 1.29 is 27.1 Å². The molecule has 32 heavy (non-hydrogen) atoms. The topological polar surface area (TPSA) is 47.4 Å². The van der Waals surface area contributed by atoms with Crippen molar-refractivity contribution in [2.75, 3.05) is 6.54 Å². The predicted molar refractivity (Wildman–Crippen MR) is 115 cm³/mol. The molecular weight excluding hydrogens is 494 g/mol. The van der Waals surface area contributed by atoms with E-state index >= 15 is 0 Å². The lowest BCUT2D eigenvalue weighted by molar-refractivity contribution is -0.140. The number of alkyl halides is 3. The molecule has 10 heteroatoms. The number of carbonyl (C=O) groups is 1. The van der Waals surface area contributed by atoms with Gasteiger partial charge in [-0.3, -0.25) is 4.90 Å². The van der Waals surface area contributed by atoms with E-state index in [9.17, 15) is 22.4 Å². The van der Waals surface area contributed by atoms with Crippen molar-refractivity contribution >= 4 is 22.0 Å². The quantitative estimate of drug-likeness (QED) is 0.446. The molecule has 2 heterocycles. The fourth-order valence-electron chi connectivity index (χ4n) is 3.92. The van der Waals surface area contributed by atoms with Crippen LogP contribution in [0.25, 0.3) is 0 Å². The first kappa shape index (κ1) is 24.5. The van der Waals surface area contributed by atoms with Crippen molar-refractivity contribution in [3.8, 4) is 0 Å². The summed E-state index contributed by atoms with van der Waals surface area (Å²) in [6.07, 6.45) is -3.89. The van der Waals surface area contributed by atoms with E-state index in [4.69, 9.17) is 4.74 Å². The van der Waals surface area contributed by atoms with Crippen molar-refractivity contribution in [2.24, 2.45) is 0 Å². The highest BCUT2D eigenvalue weighted by molar-refractivity contribution is 9.10. The smallest absolute Gasteiger partial charge is 0.419 e. The SMILES string of the molecule is CCc1nc(Br)n2c1C(CCc1ccc(C(F)(F)F)c(F)c1)N(C(=O)OC(C)(C)C)CC2. The maximum Gasteiger partial charge on any atom is 0.419 e. The molecule has 1 atom stereocenters. The van der Waals surface area contributed by atoms with E-state index in [2.05, 4.69) is 20.9 Å². The Morgan fingerprint density at radius 1 is 1.25 bits per heavy atom. The van der Waals surface area contributed by atoms with E-state index < -0.39 is 35.3 Å². The first-order valence-corrected chi connectivity index (χ1v) is 11.2. The number of aryl methyl sites for hydroxylation is 2. The molecule has 1 amide bonds. The van der Waals surface area contributed by atoms with Gasteiger partial charge in [0.25, 0.3) is 0 Å². The van der Waals surface area contributed by atoms with Gasteiger partial charge in [-0.15, -0.1) is 0 Å². The van der Waals surface area contributed by atoms with Gasteiger partial charge < -0.3 is 9.30 Å². The van der Waals surface area contributed by atoms with Crippen LogP contribution in [0, 0.1) is 5.82 Å². The Labute approximate surface area is 192 Å².